The molecule has 12 heteroatoms. The Morgan fingerprint density at radius 1 is 1.00 bits per heavy atom. The maximum Gasteiger partial charge on any atom is 0.251 e. The second kappa shape index (κ2) is 13.4. The van der Waals surface area contributed by atoms with Crippen molar-refractivity contribution in [2.24, 2.45) is 5.92 Å². The van der Waals surface area contributed by atoms with Crippen molar-refractivity contribution >= 4 is 21.8 Å². The van der Waals surface area contributed by atoms with Crippen LogP contribution in [0.3, 0.4) is 0 Å². The fraction of sp³-hybridized carbons (Fsp3) is 0.481. The van der Waals surface area contributed by atoms with Crippen LogP contribution in [0.1, 0.15) is 49.0 Å². The van der Waals surface area contributed by atoms with Crippen LogP contribution < -0.4 is 10.6 Å². The summed E-state index contributed by atoms with van der Waals surface area (Å²) >= 11 is 0. The Bertz CT molecular complexity index is 1230. The van der Waals surface area contributed by atoms with Crippen molar-refractivity contribution in [3.8, 4) is 0 Å². The van der Waals surface area contributed by atoms with E-state index < -0.39 is 58.1 Å². The number of amides is 2. The number of hydrogen-bond donors (Lipinski definition) is 4. The molecule has 0 unspecified atom stereocenters. The quantitative estimate of drug-likeness (QED) is 0.310. The number of aliphatic hydroxyl groups excluding tert-OH is 2. The second-order valence-electron chi connectivity index (χ2n) is 10.2. The Labute approximate surface area is 227 Å². The first kappa shape index (κ1) is 30.6. The highest BCUT2D eigenvalue weighted by molar-refractivity contribution is 7.89. The number of carbonyl (C=O) groups excluding carboxylic acids is 2. The van der Waals surface area contributed by atoms with Crippen LogP contribution >= 0.6 is 0 Å². The molecule has 0 aromatic heterocycles. The van der Waals surface area contributed by atoms with Crippen molar-refractivity contribution in [1.29, 1.82) is 0 Å². The van der Waals surface area contributed by atoms with E-state index in [-0.39, 0.29) is 28.4 Å². The molecular weight excluding hydrogens is 532 g/mol. The second-order valence-corrected chi connectivity index (χ2v) is 12.1. The van der Waals surface area contributed by atoms with Crippen LogP contribution in [-0.2, 0) is 21.2 Å². The van der Waals surface area contributed by atoms with Gasteiger partial charge in [-0.05, 0) is 67.1 Å². The summed E-state index contributed by atoms with van der Waals surface area (Å²) in [7, 11) is -3.68. The van der Waals surface area contributed by atoms with Crippen LogP contribution in [0.15, 0.2) is 47.4 Å². The molecule has 3 rings (SSSR count). The Kier molecular flexibility index (Phi) is 10.5. The van der Waals surface area contributed by atoms with Gasteiger partial charge in [0.15, 0.2) is 0 Å². The molecular formula is C27H35F2N3O6S. The highest BCUT2D eigenvalue weighted by Crippen LogP contribution is 2.21. The molecule has 2 aromatic carbocycles. The predicted molar refractivity (Wildman–Crippen MR) is 140 cm³/mol. The van der Waals surface area contributed by atoms with E-state index in [9.17, 15) is 37.0 Å². The molecule has 3 atom stereocenters. The van der Waals surface area contributed by atoms with Gasteiger partial charge in [-0.15, -0.1) is 0 Å². The van der Waals surface area contributed by atoms with Gasteiger partial charge < -0.3 is 20.8 Å². The number of hydrogen-bond acceptors (Lipinski definition) is 6. The molecule has 2 amide bonds. The van der Waals surface area contributed by atoms with Crippen LogP contribution in [0.2, 0.25) is 0 Å². The smallest absolute Gasteiger partial charge is 0.251 e. The molecule has 4 N–H and O–H groups in total. The van der Waals surface area contributed by atoms with Crippen LogP contribution in [-0.4, -0.2) is 72.6 Å². The number of halogens is 2. The van der Waals surface area contributed by atoms with Gasteiger partial charge in [0, 0.05) is 31.3 Å². The minimum atomic E-state index is -3.68. The average Bonchev–Trinajstić information content (AvgIpc) is 3.42. The maximum atomic E-state index is 13.8. The van der Waals surface area contributed by atoms with Gasteiger partial charge in [0.25, 0.3) is 5.91 Å². The van der Waals surface area contributed by atoms with E-state index in [2.05, 4.69) is 10.6 Å². The van der Waals surface area contributed by atoms with Crippen molar-refractivity contribution in [2.75, 3.05) is 19.6 Å². The molecule has 1 heterocycles. The third kappa shape index (κ3) is 8.53. The third-order valence-corrected chi connectivity index (χ3v) is 8.34. The molecule has 39 heavy (non-hydrogen) atoms. The van der Waals surface area contributed by atoms with Crippen LogP contribution in [0.4, 0.5) is 8.78 Å². The molecule has 2 aromatic rings. The van der Waals surface area contributed by atoms with Gasteiger partial charge in [-0.1, -0.05) is 13.8 Å². The first-order chi connectivity index (χ1) is 18.4. The number of aliphatic hydroxyl groups is 2. The number of carbonyl (C=O) groups is 2. The highest BCUT2D eigenvalue weighted by atomic mass is 32.2. The zero-order valence-electron chi connectivity index (χ0n) is 21.9. The molecule has 0 saturated carbocycles. The topological polar surface area (TPSA) is 136 Å². The van der Waals surface area contributed by atoms with Gasteiger partial charge in [-0.25, -0.2) is 17.2 Å². The van der Waals surface area contributed by atoms with Gasteiger partial charge in [0.2, 0.25) is 15.9 Å². The maximum absolute atomic E-state index is 13.8. The molecule has 0 radical (unpaired) electrons. The minimum absolute atomic E-state index is 0.0376. The van der Waals surface area contributed by atoms with E-state index in [1.54, 1.807) is 0 Å². The molecule has 214 valence electrons. The lowest BCUT2D eigenvalue weighted by atomic mass is 9.95. The monoisotopic (exact) mass is 567 g/mol. The molecule has 0 bridgehead atoms. The van der Waals surface area contributed by atoms with Gasteiger partial charge in [-0.3, -0.25) is 9.59 Å². The zero-order chi connectivity index (χ0) is 28.7. The Morgan fingerprint density at radius 3 is 2.15 bits per heavy atom. The van der Waals surface area contributed by atoms with Gasteiger partial charge >= 0.3 is 0 Å². The predicted octanol–water partition coefficient (Wildman–Crippen LogP) is 1.97. The average molecular weight is 568 g/mol. The van der Waals surface area contributed by atoms with Crippen molar-refractivity contribution in [3.05, 3.63) is 65.2 Å². The summed E-state index contributed by atoms with van der Waals surface area (Å²) in [5.41, 5.74) is 0.183. The van der Waals surface area contributed by atoms with Crippen LogP contribution in [0, 0.1) is 17.6 Å². The number of nitrogens with one attached hydrogen (secondary N) is 2. The summed E-state index contributed by atoms with van der Waals surface area (Å²) in [4.78, 5) is 25.2. The number of rotatable bonds is 12. The number of benzene rings is 2. The molecule has 1 aliphatic rings. The van der Waals surface area contributed by atoms with Gasteiger partial charge in [0.05, 0.1) is 23.5 Å². The van der Waals surface area contributed by atoms with Gasteiger partial charge in [-0.2, -0.15) is 4.31 Å². The van der Waals surface area contributed by atoms with Crippen LogP contribution in [0.25, 0.3) is 0 Å². The molecule has 1 aliphatic heterocycles. The van der Waals surface area contributed by atoms with E-state index in [1.165, 1.54) is 28.6 Å². The van der Waals surface area contributed by atoms with Crippen molar-refractivity contribution in [3.63, 3.8) is 0 Å². The van der Waals surface area contributed by atoms with Crippen molar-refractivity contribution < 1.29 is 37.0 Å². The largest absolute Gasteiger partial charge is 0.390 e. The fourth-order valence-electron chi connectivity index (χ4n) is 4.32. The van der Waals surface area contributed by atoms with E-state index in [0.29, 0.717) is 25.7 Å². The fourth-order valence-corrected chi connectivity index (χ4v) is 5.83. The lowest BCUT2D eigenvalue weighted by molar-refractivity contribution is -0.125. The Balaban J connectivity index is 1.77. The first-order valence-corrected chi connectivity index (χ1v) is 14.3. The van der Waals surface area contributed by atoms with Gasteiger partial charge in [0.1, 0.15) is 17.7 Å². The summed E-state index contributed by atoms with van der Waals surface area (Å²) in [5, 5.41) is 26.6. The lowest BCUT2D eigenvalue weighted by Gasteiger charge is -2.28. The Morgan fingerprint density at radius 2 is 1.59 bits per heavy atom. The molecule has 0 aliphatic carbocycles. The van der Waals surface area contributed by atoms with E-state index in [1.807, 2.05) is 13.8 Å². The molecule has 1 fully saturated rings. The van der Waals surface area contributed by atoms with Crippen molar-refractivity contribution in [2.45, 2.75) is 62.7 Å². The van der Waals surface area contributed by atoms with E-state index >= 15 is 0 Å². The van der Waals surface area contributed by atoms with Crippen molar-refractivity contribution in [1.82, 2.24) is 14.9 Å². The SMILES string of the molecule is CC(C)CNC(=O)C[C@@H](O)[C@H](O)[C@H](Cc1cc(F)cc(F)c1)NC(=O)c1ccc(S(=O)(=O)N2CCCC2)cc1. The molecule has 0 spiro atoms. The standard InChI is InChI=1S/C27H35F2N3O6S/c1-17(2)16-30-25(34)15-24(33)26(35)23(13-18-11-20(28)14-21(29)12-18)31-27(36)19-5-7-22(8-6-19)39(37,38)32-9-3-4-10-32/h5-8,11-12,14,17,23-24,26,33,35H,3-4,9-10,13,15-16H2,1-2H3,(H,30,34)(H,31,36)/t23-,24+,26+/m0/s1. The first-order valence-electron chi connectivity index (χ1n) is 12.9. The zero-order valence-corrected chi connectivity index (χ0v) is 22.8. The molecule has 9 nitrogen and oxygen atoms in total. The third-order valence-electron chi connectivity index (χ3n) is 6.42. The van der Waals surface area contributed by atoms with Crippen LogP contribution in [0.5, 0.6) is 0 Å². The summed E-state index contributed by atoms with van der Waals surface area (Å²) in [5.74, 6) is -2.76. The van der Waals surface area contributed by atoms with E-state index in [0.717, 1.165) is 25.0 Å². The lowest BCUT2D eigenvalue weighted by Crippen LogP contribution is -2.51. The summed E-state index contributed by atoms with van der Waals surface area (Å²) in [6.07, 6.45) is -2.41. The normalized spacial score (nSPS) is 16.6. The number of nitrogens with zero attached hydrogens (tertiary/aromatic N) is 1. The summed E-state index contributed by atoms with van der Waals surface area (Å²) < 4.78 is 54.5. The number of sulfonamides is 1. The molecule has 1 saturated heterocycles. The summed E-state index contributed by atoms with van der Waals surface area (Å²) in [6, 6.07) is 6.77. The minimum Gasteiger partial charge on any atom is -0.390 e. The highest BCUT2D eigenvalue weighted by Gasteiger charge is 2.31. The van der Waals surface area contributed by atoms with E-state index in [4.69, 9.17) is 0 Å². The Hall–Kier alpha value is -2.93. The summed E-state index contributed by atoms with van der Waals surface area (Å²) in [6.45, 7) is 5.02.